The molecular weight excluding hydrogens is 386 g/mol. The molecule has 1 fully saturated rings. The minimum Gasteiger partial charge on any atom is -0.325 e. The van der Waals surface area contributed by atoms with Gasteiger partial charge in [0.1, 0.15) is 0 Å². The molecule has 3 unspecified atom stereocenters. The molecule has 5 aliphatic carbocycles. The second kappa shape index (κ2) is 7.32. The fraction of sp³-hybridized carbons (Fsp3) is 0.548. The lowest BCUT2D eigenvalue weighted by Gasteiger charge is -2.35. The van der Waals surface area contributed by atoms with Crippen molar-refractivity contribution < 1.29 is 0 Å². The lowest BCUT2D eigenvalue weighted by atomic mass is 9.72. The molecule has 1 saturated carbocycles. The van der Waals surface area contributed by atoms with E-state index >= 15 is 0 Å². The lowest BCUT2D eigenvalue weighted by molar-refractivity contribution is 0.358. The van der Waals surface area contributed by atoms with E-state index in [1.54, 1.807) is 16.7 Å². The van der Waals surface area contributed by atoms with Gasteiger partial charge in [0.15, 0.2) is 0 Å². The molecule has 5 rings (SSSR count). The zero-order valence-electron chi connectivity index (χ0n) is 21.8. The summed E-state index contributed by atoms with van der Waals surface area (Å²) in [4.78, 5) is 0. The van der Waals surface area contributed by atoms with Gasteiger partial charge in [0.25, 0.3) is 0 Å². The standard InChI is InChI=1S/C29H37N.C2H6/c1-8-21-22-13-12-18(28(6,7)30)14-24(22)27(4,5)23(21)15-20-16-26(2,3)25-11-9-10-19-17-29(19,20)25;1-2/h8-13,15-16,18-19H,14,17,30H2,1-7H3;1-2H3/b21-8-,23-15+;. The third-order valence-corrected chi connectivity index (χ3v) is 8.62. The van der Waals surface area contributed by atoms with Crippen LogP contribution in [-0.4, -0.2) is 5.54 Å². The Bertz CT molecular complexity index is 1040. The first-order valence-corrected chi connectivity index (χ1v) is 12.7. The van der Waals surface area contributed by atoms with E-state index in [4.69, 9.17) is 5.73 Å². The molecule has 0 aromatic heterocycles. The molecule has 0 aromatic carbocycles. The van der Waals surface area contributed by atoms with Crippen LogP contribution in [0.15, 0.2) is 82.0 Å². The van der Waals surface area contributed by atoms with Crippen molar-refractivity contribution in [1.82, 2.24) is 0 Å². The molecule has 172 valence electrons. The van der Waals surface area contributed by atoms with E-state index in [1.165, 1.54) is 23.1 Å². The highest BCUT2D eigenvalue weighted by atomic mass is 14.7. The molecule has 1 nitrogen and oxygen atoms in total. The minimum atomic E-state index is -0.194. The number of hydrogen-bond acceptors (Lipinski definition) is 1. The first-order chi connectivity index (χ1) is 14.9. The highest BCUT2D eigenvalue weighted by Gasteiger charge is 2.63. The summed E-state index contributed by atoms with van der Waals surface area (Å²) in [6.07, 6.45) is 21.6. The monoisotopic (exact) mass is 429 g/mol. The van der Waals surface area contributed by atoms with Crippen LogP contribution in [0.2, 0.25) is 0 Å². The van der Waals surface area contributed by atoms with E-state index in [-0.39, 0.29) is 21.8 Å². The second-order valence-corrected chi connectivity index (χ2v) is 11.8. The van der Waals surface area contributed by atoms with Crippen molar-refractivity contribution in [3.63, 3.8) is 0 Å². The van der Waals surface area contributed by atoms with Crippen LogP contribution in [0, 0.1) is 28.1 Å². The minimum absolute atomic E-state index is 0.0361. The van der Waals surface area contributed by atoms with Crippen molar-refractivity contribution in [3.8, 4) is 0 Å². The fourth-order valence-corrected chi connectivity index (χ4v) is 6.74. The third kappa shape index (κ3) is 3.15. The maximum atomic E-state index is 6.52. The van der Waals surface area contributed by atoms with Crippen molar-refractivity contribution in [1.29, 1.82) is 0 Å². The first kappa shape index (κ1) is 23.3. The predicted molar refractivity (Wildman–Crippen MR) is 139 cm³/mol. The summed E-state index contributed by atoms with van der Waals surface area (Å²) < 4.78 is 0. The number of allylic oxidation sites excluding steroid dienone is 13. The van der Waals surface area contributed by atoms with Gasteiger partial charge in [0, 0.05) is 21.8 Å². The summed E-state index contributed by atoms with van der Waals surface area (Å²) in [6, 6.07) is 0. The van der Waals surface area contributed by atoms with Crippen molar-refractivity contribution in [2.75, 3.05) is 0 Å². The fourth-order valence-electron chi connectivity index (χ4n) is 6.74. The molecule has 0 aromatic rings. The average molecular weight is 430 g/mol. The van der Waals surface area contributed by atoms with E-state index < -0.39 is 0 Å². The SMILES string of the molecule is C/C=C1/C2=C(CC(C(C)(C)N)C=C2)C(C)(C)/C1=C/C1=CC(C)(C)C2=CC=CC3CC123.CC. The van der Waals surface area contributed by atoms with Crippen molar-refractivity contribution in [3.05, 3.63) is 82.0 Å². The molecule has 0 heterocycles. The molecule has 0 amide bonds. The molecular formula is C31H43N. The molecule has 0 radical (unpaired) electrons. The van der Waals surface area contributed by atoms with Gasteiger partial charge in [-0.3, -0.25) is 0 Å². The Labute approximate surface area is 196 Å². The molecule has 32 heavy (non-hydrogen) atoms. The molecule has 2 N–H and O–H groups in total. The van der Waals surface area contributed by atoms with E-state index in [2.05, 4.69) is 97.1 Å². The summed E-state index contributed by atoms with van der Waals surface area (Å²) in [5, 5.41) is 0. The molecule has 1 spiro atoms. The van der Waals surface area contributed by atoms with Gasteiger partial charge in [-0.1, -0.05) is 95.7 Å². The Morgan fingerprint density at radius 1 is 1.09 bits per heavy atom. The van der Waals surface area contributed by atoms with Crippen molar-refractivity contribution in [2.45, 2.75) is 80.7 Å². The van der Waals surface area contributed by atoms with Gasteiger partial charge in [-0.2, -0.15) is 0 Å². The van der Waals surface area contributed by atoms with E-state index in [1.807, 2.05) is 13.8 Å². The quantitative estimate of drug-likeness (QED) is 0.473. The smallest absolute Gasteiger partial charge is 0.0239 e. The Morgan fingerprint density at radius 2 is 1.78 bits per heavy atom. The number of rotatable bonds is 2. The zero-order chi connectivity index (χ0) is 23.7. The van der Waals surface area contributed by atoms with Crippen LogP contribution in [0.1, 0.15) is 75.2 Å². The van der Waals surface area contributed by atoms with Crippen LogP contribution in [-0.2, 0) is 0 Å². The summed E-state index contributed by atoms with van der Waals surface area (Å²) >= 11 is 0. The van der Waals surface area contributed by atoms with Crippen LogP contribution in [0.4, 0.5) is 0 Å². The van der Waals surface area contributed by atoms with Crippen LogP contribution in [0.5, 0.6) is 0 Å². The van der Waals surface area contributed by atoms with Crippen molar-refractivity contribution >= 4 is 0 Å². The maximum absolute atomic E-state index is 6.52. The van der Waals surface area contributed by atoms with E-state index in [0.717, 1.165) is 6.42 Å². The summed E-state index contributed by atoms with van der Waals surface area (Å²) in [5.74, 6) is 1.08. The second-order valence-electron chi connectivity index (χ2n) is 11.8. The average Bonchev–Trinajstić information content (AvgIpc) is 3.39. The number of hydrogen-bond donors (Lipinski definition) is 1. The lowest BCUT2D eigenvalue weighted by Crippen LogP contribution is -2.41. The van der Waals surface area contributed by atoms with Gasteiger partial charge in [0.05, 0.1) is 0 Å². The van der Waals surface area contributed by atoms with Crippen LogP contribution in [0.3, 0.4) is 0 Å². The van der Waals surface area contributed by atoms with E-state index in [9.17, 15) is 0 Å². The van der Waals surface area contributed by atoms with E-state index in [0.29, 0.717) is 11.8 Å². The predicted octanol–water partition coefficient (Wildman–Crippen LogP) is 8.00. The largest absolute Gasteiger partial charge is 0.325 e. The topological polar surface area (TPSA) is 26.0 Å². The maximum Gasteiger partial charge on any atom is 0.0239 e. The molecule has 5 aliphatic rings. The van der Waals surface area contributed by atoms with Gasteiger partial charge in [-0.15, -0.1) is 0 Å². The summed E-state index contributed by atoms with van der Waals surface area (Å²) in [7, 11) is 0. The van der Waals surface area contributed by atoms with Crippen LogP contribution in [0.25, 0.3) is 0 Å². The van der Waals surface area contributed by atoms with Gasteiger partial charge >= 0.3 is 0 Å². The molecule has 0 saturated heterocycles. The molecule has 0 aliphatic heterocycles. The van der Waals surface area contributed by atoms with Gasteiger partial charge in [-0.05, 0) is 73.3 Å². The highest BCUT2D eigenvalue weighted by molar-refractivity contribution is 5.69. The Balaban J connectivity index is 0.00000119. The normalized spacial score (nSPS) is 35.7. The van der Waals surface area contributed by atoms with Crippen LogP contribution >= 0.6 is 0 Å². The Kier molecular flexibility index (Phi) is 5.33. The van der Waals surface area contributed by atoms with Crippen molar-refractivity contribution in [2.24, 2.45) is 33.8 Å². The Morgan fingerprint density at radius 3 is 2.41 bits per heavy atom. The summed E-state index contributed by atoms with van der Waals surface area (Å²) in [5.41, 5.74) is 15.9. The highest BCUT2D eigenvalue weighted by Crippen LogP contribution is 2.72. The molecule has 1 heteroatoms. The van der Waals surface area contributed by atoms with Gasteiger partial charge < -0.3 is 5.73 Å². The molecule has 3 atom stereocenters. The first-order valence-electron chi connectivity index (χ1n) is 12.7. The Hall–Kier alpha value is -1.86. The van der Waals surface area contributed by atoms with Gasteiger partial charge in [0.2, 0.25) is 0 Å². The third-order valence-electron chi connectivity index (χ3n) is 8.62. The van der Waals surface area contributed by atoms with Crippen LogP contribution < -0.4 is 5.73 Å². The number of nitrogens with two attached hydrogens (primary N) is 1. The zero-order valence-corrected chi connectivity index (χ0v) is 21.8. The summed E-state index contributed by atoms with van der Waals surface area (Å²) in [6.45, 7) is 20.1. The molecule has 0 bridgehead atoms. The van der Waals surface area contributed by atoms with Gasteiger partial charge in [-0.25, -0.2) is 0 Å².